The average Bonchev–Trinajstić information content (AvgIpc) is 2.69. The smallest absolute Gasteiger partial charge is 0.336 e. The van der Waals surface area contributed by atoms with Gasteiger partial charge >= 0.3 is 5.97 Å². The fourth-order valence-electron chi connectivity index (χ4n) is 3.81. The van der Waals surface area contributed by atoms with Crippen LogP contribution in [0.25, 0.3) is 33.4 Å². The van der Waals surface area contributed by atoms with Crippen molar-refractivity contribution in [1.29, 1.82) is 0 Å². The van der Waals surface area contributed by atoms with E-state index in [1.165, 1.54) is 0 Å². The number of carbonyl (C=O) groups is 1. The molecule has 4 rings (SSSR count). The molecule has 0 fully saturated rings. The molecular formula is C25H23NO3. The van der Waals surface area contributed by atoms with Crippen molar-refractivity contribution in [2.45, 2.75) is 27.7 Å². The third-order valence-corrected chi connectivity index (χ3v) is 5.41. The van der Waals surface area contributed by atoms with E-state index in [2.05, 4.69) is 24.0 Å². The Morgan fingerprint density at radius 1 is 0.966 bits per heavy atom. The van der Waals surface area contributed by atoms with Crippen molar-refractivity contribution in [3.05, 3.63) is 76.1 Å². The summed E-state index contributed by atoms with van der Waals surface area (Å²) in [5, 5.41) is 11.6. The Morgan fingerprint density at radius 2 is 1.69 bits per heavy atom. The number of rotatable bonds is 3. The van der Waals surface area contributed by atoms with Crippen molar-refractivity contribution < 1.29 is 14.3 Å². The van der Waals surface area contributed by atoms with Crippen LogP contribution in [-0.2, 0) is 0 Å². The van der Waals surface area contributed by atoms with Gasteiger partial charge in [-0.15, -0.1) is 0 Å². The van der Waals surface area contributed by atoms with E-state index >= 15 is 0 Å². The van der Waals surface area contributed by atoms with Crippen LogP contribution in [0.15, 0.2) is 57.9 Å². The predicted octanol–water partition coefficient (Wildman–Crippen LogP) is 5.75. The van der Waals surface area contributed by atoms with E-state index in [0.717, 1.165) is 44.1 Å². The number of nitrogens with zero attached hydrogens (tertiary/aromatic N) is 1. The van der Waals surface area contributed by atoms with Crippen LogP contribution in [0, 0.1) is 20.8 Å². The minimum absolute atomic E-state index is 0.277. The van der Waals surface area contributed by atoms with Crippen LogP contribution in [0.1, 0.15) is 34.0 Å². The second-order valence-corrected chi connectivity index (χ2v) is 7.37. The van der Waals surface area contributed by atoms with Crippen LogP contribution in [0.2, 0.25) is 0 Å². The van der Waals surface area contributed by atoms with E-state index in [1.54, 1.807) is 12.1 Å². The molecule has 0 bridgehead atoms. The lowest BCUT2D eigenvalue weighted by Crippen LogP contribution is -2.09. The third-order valence-electron chi connectivity index (χ3n) is 5.41. The maximum Gasteiger partial charge on any atom is 0.336 e. The van der Waals surface area contributed by atoms with Gasteiger partial charge in [0.05, 0.1) is 10.9 Å². The number of carboxylic acids is 1. The van der Waals surface area contributed by atoms with Crippen LogP contribution in [0.3, 0.4) is 0 Å². The molecule has 1 aliphatic carbocycles. The van der Waals surface area contributed by atoms with Crippen LogP contribution in [0.5, 0.6) is 0 Å². The first-order valence-corrected chi connectivity index (χ1v) is 9.72. The quantitative estimate of drug-likeness (QED) is 0.457. The second-order valence-electron chi connectivity index (χ2n) is 7.37. The molecular weight excluding hydrogens is 362 g/mol. The Hall–Kier alpha value is -3.40. The minimum Gasteiger partial charge on any atom is -0.478 e. The summed E-state index contributed by atoms with van der Waals surface area (Å²) < 4.78 is 6.28. The number of aryl methyl sites for hydroxylation is 3. The molecule has 0 aromatic heterocycles. The first-order valence-electron chi connectivity index (χ1n) is 9.72. The van der Waals surface area contributed by atoms with Gasteiger partial charge in [-0.1, -0.05) is 18.2 Å². The molecule has 1 aliphatic heterocycles. The minimum atomic E-state index is -0.944. The van der Waals surface area contributed by atoms with E-state index in [1.807, 2.05) is 45.0 Å². The molecule has 0 atom stereocenters. The maximum absolute atomic E-state index is 12.0. The van der Waals surface area contributed by atoms with Crippen molar-refractivity contribution >= 4 is 16.9 Å². The monoisotopic (exact) mass is 385 g/mol. The van der Waals surface area contributed by atoms with E-state index < -0.39 is 5.97 Å². The number of benzene rings is 3. The van der Waals surface area contributed by atoms with Crippen LogP contribution >= 0.6 is 0 Å². The highest BCUT2D eigenvalue weighted by Crippen LogP contribution is 2.42. The molecule has 1 heterocycles. The molecule has 2 aliphatic rings. The summed E-state index contributed by atoms with van der Waals surface area (Å²) in [6.07, 6.45) is 0. The molecule has 4 heteroatoms. The lowest BCUT2D eigenvalue weighted by molar-refractivity contribution is 0.0697. The third kappa shape index (κ3) is 3.21. The molecule has 0 radical (unpaired) electrons. The van der Waals surface area contributed by atoms with Gasteiger partial charge in [-0.25, -0.2) is 4.79 Å². The summed E-state index contributed by atoms with van der Waals surface area (Å²) in [7, 11) is 0. The average molecular weight is 385 g/mol. The summed E-state index contributed by atoms with van der Waals surface area (Å²) in [5.41, 5.74) is 6.77. The summed E-state index contributed by atoms with van der Waals surface area (Å²) >= 11 is 0. The van der Waals surface area contributed by atoms with Crippen molar-refractivity contribution in [2.75, 3.05) is 6.54 Å². The maximum atomic E-state index is 12.0. The molecule has 0 unspecified atom stereocenters. The highest BCUT2D eigenvalue weighted by atomic mass is 16.4. The lowest BCUT2D eigenvalue weighted by atomic mass is 9.89. The molecule has 146 valence electrons. The van der Waals surface area contributed by atoms with E-state index in [0.29, 0.717) is 17.9 Å². The van der Waals surface area contributed by atoms with Crippen molar-refractivity contribution in [1.82, 2.24) is 0 Å². The summed E-state index contributed by atoms with van der Waals surface area (Å²) in [4.78, 5) is 16.5. The summed E-state index contributed by atoms with van der Waals surface area (Å²) in [6.45, 7) is 8.81. The van der Waals surface area contributed by atoms with Gasteiger partial charge in [0.2, 0.25) is 0 Å². The number of carboxylic acid groups (broad SMARTS) is 1. The fourth-order valence-corrected chi connectivity index (χ4v) is 3.81. The summed E-state index contributed by atoms with van der Waals surface area (Å²) in [5.74, 6) is -0.241. The largest absolute Gasteiger partial charge is 0.478 e. The predicted molar refractivity (Wildman–Crippen MR) is 116 cm³/mol. The molecule has 2 aromatic rings. The molecule has 1 N–H and O–H groups in total. The van der Waals surface area contributed by atoms with E-state index in [9.17, 15) is 9.90 Å². The molecule has 0 spiro atoms. The van der Waals surface area contributed by atoms with Crippen molar-refractivity contribution in [3.63, 3.8) is 0 Å². The van der Waals surface area contributed by atoms with Crippen LogP contribution in [-0.4, -0.2) is 17.6 Å². The Bertz CT molecular complexity index is 1300. The first kappa shape index (κ1) is 18.9. The number of aromatic carboxylic acids is 1. The lowest BCUT2D eigenvalue weighted by Gasteiger charge is -2.18. The van der Waals surface area contributed by atoms with Crippen molar-refractivity contribution in [2.24, 2.45) is 4.99 Å². The zero-order valence-electron chi connectivity index (χ0n) is 17.0. The zero-order valence-corrected chi connectivity index (χ0v) is 17.0. The molecule has 29 heavy (non-hydrogen) atoms. The van der Waals surface area contributed by atoms with Gasteiger partial charge < -0.3 is 9.52 Å². The molecule has 0 saturated carbocycles. The SMILES string of the molecule is CC/N=c1/cc2oc3cc(C)c(C)cc3c(-c3ccccc3C(=O)O)c-2cc1C. The van der Waals surface area contributed by atoms with Gasteiger partial charge in [0, 0.05) is 29.1 Å². The van der Waals surface area contributed by atoms with Crippen LogP contribution in [0.4, 0.5) is 0 Å². The van der Waals surface area contributed by atoms with Gasteiger partial charge in [-0.3, -0.25) is 4.99 Å². The second kappa shape index (κ2) is 7.21. The van der Waals surface area contributed by atoms with Crippen LogP contribution < -0.4 is 5.36 Å². The Balaban J connectivity index is 2.24. The van der Waals surface area contributed by atoms with Gasteiger partial charge in [0.1, 0.15) is 11.3 Å². The highest BCUT2D eigenvalue weighted by molar-refractivity contribution is 6.07. The van der Waals surface area contributed by atoms with E-state index in [4.69, 9.17) is 4.42 Å². The zero-order chi connectivity index (χ0) is 20.7. The normalized spacial score (nSPS) is 12.1. The van der Waals surface area contributed by atoms with Crippen molar-refractivity contribution in [3.8, 4) is 22.5 Å². The Labute approximate surface area is 169 Å². The highest BCUT2D eigenvalue weighted by Gasteiger charge is 2.22. The number of hydrogen-bond acceptors (Lipinski definition) is 3. The van der Waals surface area contributed by atoms with Gasteiger partial charge in [-0.05, 0) is 74.2 Å². The first-order chi connectivity index (χ1) is 13.9. The number of hydrogen-bond donors (Lipinski definition) is 1. The van der Waals surface area contributed by atoms with Gasteiger partial charge in [0.15, 0.2) is 0 Å². The number of fused-ring (bicyclic) bond motifs is 2. The topological polar surface area (TPSA) is 62.8 Å². The Morgan fingerprint density at radius 3 is 2.41 bits per heavy atom. The van der Waals surface area contributed by atoms with Gasteiger partial charge in [0.25, 0.3) is 0 Å². The molecule has 0 saturated heterocycles. The van der Waals surface area contributed by atoms with E-state index in [-0.39, 0.29) is 5.56 Å². The molecule has 4 nitrogen and oxygen atoms in total. The van der Waals surface area contributed by atoms with Gasteiger partial charge in [-0.2, -0.15) is 0 Å². The Kier molecular flexibility index (Phi) is 4.71. The summed E-state index contributed by atoms with van der Waals surface area (Å²) in [6, 6.07) is 15.3. The molecule has 2 aromatic carbocycles. The standard InChI is InChI=1S/C25H23NO3/c1-5-26-21-13-23-20(11-16(21)4)24(17-8-6-7-9-18(17)25(27)28)19-10-14(2)15(3)12-22(19)29-23/h6-13H,5H2,1-4H3,(H,27,28)/b26-21-. The fraction of sp³-hybridized carbons (Fsp3) is 0.200. The molecule has 0 amide bonds.